The van der Waals surface area contributed by atoms with Crippen LogP contribution >= 0.6 is 0 Å². The Morgan fingerprint density at radius 3 is 2.62 bits per heavy atom. The van der Waals surface area contributed by atoms with Crippen molar-refractivity contribution in [1.82, 2.24) is 15.3 Å². The molecule has 2 aliphatic rings. The second-order valence-electron chi connectivity index (χ2n) is 5.26. The molecule has 1 aliphatic carbocycles. The molecule has 2 fully saturated rings. The fourth-order valence-electron chi connectivity index (χ4n) is 2.63. The molecule has 88 valence electrons. The normalized spacial score (nSPS) is 21.8. The van der Waals surface area contributed by atoms with E-state index in [1.54, 1.807) is 0 Å². The van der Waals surface area contributed by atoms with Gasteiger partial charge in [-0.15, -0.1) is 0 Å². The summed E-state index contributed by atoms with van der Waals surface area (Å²) in [6, 6.07) is 0. The van der Waals surface area contributed by atoms with Crippen LogP contribution in [0.3, 0.4) is 0 Å². The predicted molar refractivity (Wildman–Crippen MR) is 64.6 cm³/mol. The summed E-state index contributed by atoms with van der Waals surface area (Å²) < 4.78 is 0. The zero-order valence-corrected chi connectivity index (χ0v) is 10.1. The lowest BCUT2D eigenvalue weighted by Crippen LogP contribution is -2.43. The lowest BCUT2D eigenvalue weighted by atomic mass is 9.82. The molecule has 1 aromatic heterocycles. The van der Waals surface area contributed by atoms with Crippen LogP contribution in [0.5, 0.6) is 0 Å². The van der Waals surface area contributed by atoms with Gasteiger partial charge in [0.2, 0.25) is 0 Å². The van der Waals surface area contributed by atoms with Crippen LogP contribution in [-0.4, -0.2) is 23.1 Å². The SMILES string of the molecule is CCc1[nH]c(CC2CNC2)nc1C1CCC1. The molecule has 1 saturated carbocycles. The molecule has 0 unspecified atom stereocenters. The Balaban J connectivity index is 1.75. The Labute approximate surface area is 97.0 Å². The molecular weight excluding hydrogens is 198 g/mol. The van der Waals surface area contributed by atoms with E-state index in [4.69, 9.17) is 4.98 Å². The third-order valence-electron chi connectivity index (χ3n) is 4.05. The summed E-state index contributed by atoms with van der Waals surface area (Å²) in [5.41, 5.74) is 2.78. The van der Waals surface area contributed by atoms with Crippen LogP contribution in [0.4, 0.5) is 0 Å². The Hall–Kier alpha value is -0.830. The van der Waals surface area contributed by atoms with Crippen molar-refractivity contribution in [2.45, 2.75) is 44.9 Å². The second-order valence-corrected chi connectivity index (χ2v) is 5.26. The van der Waals surface area contributed by atoms with Crippen LogP contribution in [-0.2, 0) is 12.8 Å². The Morgan fingerprint density at radius 2 is 2.12 bits per heavy atom. The van der Waals surface area contributed by atoms with Gasteiger partial charge in [0.1, 0.15) is 5.82 Å². The highest BCUT2D eigenvalue weighted by atomic mass is 15.0. The minimum Gasteiger partial charge on any atom is -0.346 e. The van der Waals surface area contributed by atoms with Crippen LogP contribution in [0, 0.1) is 5.92 Å². The lowest BCUT2D eigenvalue weighted by Gasteiger charge is -2.26. The minimum atomic E-state index is 0.763. The molecule has 1 saturated heterocycles. The summed E-state index contributed by atoms with van der Waals surface area (Å²) in [5, 5.41) is 3.32. The number of aryl methyl sites for hydroxylation is 1. The third-order valence-corrected chi connectivity index (χ3v) is 4.05. The topological polar surface area (TPSA) is 40.7 Å². The number of rotatable bonds is 4. The monoisotopic (exact) mass is 219 g/mol. The number of hydrogen-bond donors (Lipinski definition) is 2. The van der Waals surface area contributed by atoms with Gasteiger partial charge in [0.05, 0.1) is 5.69 Å². The average molecular weight is 219 g/mol. The van der Waals surface area contributed by atoms with Crippen LogP contribution in [0.1, 0.15) is 49.3 Å². The van der Waals surface area contributed by atoms with Gasteiger partial charge in [-0.1, -0.05) is 13.3 Å². The summed E-state index contributed by atoms with van der Waals surface area (Å²) in [6.45, 7) is 4.56. The smallest absolute Gasteiger partial charge is 0.106 e. The molecule has 0 bridgehead atoms. The van der Waals surface area contributed by atoms with Crippen molar-refractivity contribution in [3.05, 3.63) is 17.2 Å². The molecule has 1 aromatic rings. The van der Waals surface area contributed by atoms with Crippen LogP contribution in [0.2, 0.25) is 0 Å². The largest absolute Gasteiger partial charge is 0.346 e. The van der Waals surface area contributed by atoms with Gasteiger partial charge in [-0.25, -0.2) is 4.98 Å². The van der Waals surface area contributed by atoms with E-state index in [1.165, 1.54) is 49.6 Å². The van der Waals surface area contributed by atoms with Gasteiger partial charge < -0.3 is 10.3 Å². The highest BCUT2D eigenvalue weighted by molar-refractivity contribution is 5.21. The van der Waals surface area contributed by atoms with Gasteiger partial charge >= 0.3 is 0 Å². The maximum atomic E-state index is 4.84. The van der Waals surface area contributed by atoms with Gasteiger partial charge in [0, 0.05) is 18.0 Å². The van der Waals surface area contributed by atoms with E-state index in [9.17, 15) is 0 Å². The van der Waals surface area contributed by atoms with Gasteiger partial charge in [-0.2, -0.15) is 0 Å². The first-order valence-electron chi connectivity index (χ1n) is 6.65. The fourth-order valence-corrected chi connectivity index (χ4v) is 2.63. The number of H-pyrrole nitrogens is 1. The molecular formula is C13H21N3. The van der Waals surface area contributed by atoms with Crippen molar-refractivity contribution in [2.24, 2.45) is 5.92 Å². The quantitative estimate of drug-likeness (QED) is 0.813. The maximum absolute atomic E-state index is 4.84. The summed E-state index contributed by atoms with van der Waals surface area (Å²) in [4.78, 5) is 8.38. The van der Waals surface area contributed by atoms with Crippen molar-refractivity contribution in [3.8, 4) is 0 Å². The van der Waals surface area contributed by atoms with Crippen molar-refractivity contribution < 1.29 is 0 Å². The summed E-state index contributed by atoms with van der Waals surface area (Å²) in [5.74, 6) is 2.80. The van der Waals surface area contributed by atoms with E-state index in [2.05, 4.69) is 17.2 Å². The third kappa shape index (κ3) is 1.77. The van der Waals surface area contributed by atoms with Gasteiger partial charge in [-0.05, 0) is 38.3 Å². The van der Waals surface area contributed by atoms with E-state index < -0.39 is 0 Å². The molecule has 3 nitrogen and oxygen atoms in total. The summed E-state index contributed by atoms with van der Waals surface area (Å²) in [7, 11) is 0. The van der Waals surface area contributed by atoms with E-state index >= 15 is 0 Å². The highest BCUT2D eigenvalue weighted by Crippen LogP contribution is 2.37. The first-order chi connectivity index (χ1) is 7.86. The number of aromatic nitrogens is 2. The van der Waals surface area contributed by atoms with E-state index in [-0.39, 0.29) is 0 Å². The van der Waals surface area contributed by atoms with E-state index in [1.807, 2.05) is 0 Å². The Kier molecular flexibility index (Phi) is 2.72. The Morgan fingerprint density at radius 1 is 1.31 bits per heavy atom. The van der Waals surface area contributed by atoms with Gasteiger partial charge in [0.15, 0.2) is 0 Å². The summed E-state index contributed by atoms with van der Waals surface area (Å²) in [6.07, 6.45) is 6.32. The van der Waals surface area contributed by atoms with Crippen LogP contribution in [0.15, 0.2) is 0 Å². The molecule has 3 rings (SSSR count). The van der Waals surface area contributed by atoms with Gasteiger partial charge in [0.25, 0.3) is 0 Å². The molecule has 0 radical (unpaired) electrons. The predicted octanol–water partition coefficient (Wildman–Crippen LogP) is 2.00. The zero-order chi connectivity index (χ0) is 11.0. The van der Waals surface area contributed by atoms with E-state index in [0.29, 0.717) is 0 Å². The zero-order valence-electron chi connectivity index (χ0n) is 10.1. The highest BCUT2D eigenvalue weighted by Gasteiger charge is 2.26. The number of hydrogen-bond acceptors (Lipinski definition) is 2. The average Bonchev–Trinajstić information content (AvgIpc) is 2.52. The number of aromatic amines is 1. The number of nitrogens with zero attached hydrogens (tertiary/aromatic N) is 1. The maximum Gasteiger partial charge on any atom is 0.106 e. The van der Waals surface area contributed by atoms with Crippen molar-refractivity contribution in [2.75, 3.05) is 13.1 Å². The molecule has 2 N–H and O–H groups in total. The van der Waals surface area contributed by atoms with Crippen molar-refractivity contribution >= 4 is 0 Å². The van der Waals surface area contributed by atoms with Crippen molar-refractivity contribution in [1.29, 1.82) is 0 Å². The fraction of sp³-hybridized carbons (Fsp3) is 0.769. The second kappa shape index (κ2) is 4.21. The van der Waals surface area contributed by atoms with Crippen molar-refractivity contribution in [3.63, 3.8) is 0 Å². The molecule has 3 heteroatoms. The number of nitrogens with one attached hydrogen (secondary N) is 2. The standard InChI is InChI=1S/C13H21N3/c1-2-11-13(10-4-3-5-10)16-12(15-11)6-9-7-14-8-9/h9-10,14H,2-8H2,1H3,(H,15,16). The summed E-state index contributed by atoms with van der Waals surface area (Å²) >= 11 is 0. The van der Waals surface area contributed by atoms with Crippen LogP contribution < -0.4 is 5.32 Å². The molecule has 16 heavy (non-hydrogen) atoms. The molecule has 2 heterocycles. The molecule has 1 aliphatic heterocycles. The first-order valence-corrected chi connectivity index (χ1v) is 6.65. The number of imidazole rings is 1. The van der Waals surface area contributed by atoms with E-state index in [0.717, 1.165) is 24.7 Å². The Bertz CT molecular complexity index is 361. The van der Waals surface area contributed by atoms with Gasteiger partial charge in [-0.3, -0.25) is 0 Å². The minimum absolute atomic E-state index is 0.763. The first kappa shape index (κ1) is 10.3. The van der Waals surface area contributed by atoms with Crippen LogP contribution in [0.25, 0.3) is 0 Å². The molecule has 0 spiro atoms. The molecule has 0 aromatic carbocycles. The molecule has 0 amide bonds. The molecule has 0 atom stereocenters. The lowest BCUT2D eigenvalue weighted by molar-refractivity contribution is 0.341.